The van der Waals surface area contributed by atoms with Crippen molar-refractivity contribution in [2.75, 3.05) is 21.3 Å². The normalized spacial score (nSPS) is 9.89. The fourth-order valence-corrected chi connectivity index (χ4v) is 1.71. The molecule has 0 heterocycles. The molecular weight excluding hydrogens is 248 g/mol. The summed E-state index contributed by atoms with van der Waals surface area (Å²) in [7, 11) is 4.61. The van der Waals surface area contributed by atoms with Crippen molar-refractivity contribution in [3.05, 3.63) is 23.3 Å². The van der Waals surface area contributed by atoms with Crippen LogP contribution in [0.4, 0.5) is 0 Å². The van der Waals surface area contributed by atoms with E-state index in [0.717, 1.165) is 11.1 Å². The number of benzene rings is 1. The van der Waals surface area contributed by atoms with E-state index < -0.39 is 11.8 Å². The lowest BCUT2D eigenvalue weighted by atomic mass is 10.1. The summed E-state index contributed by atoms with van der Waals surface area (Å²) >= 11 is 0. The zero-order valence-corrected chi connectivity index (χ0v) is 11.5. The summed E-state index contributed by atoms with van der Waals surface area (Å²) < 4.78 is 10.4. The number of aryl methyl sites for hydroxylation is 1. The molecule has 0 atom stereocenters. The van der Waals surface area contributed by atoms with Gasteiger partial charge < -0.3 is 20.1 Å². The highest BCUT2D eigenvalue weighted by molar-refractivity contribution is 6.34. The van der Waals surface area contributed by atoms with Crippen molar-refractivity contribution in [3.63, 3.8) is 0 Å². The van der Waals surface area contributed by atoms with Crippen LogP contribution in [-0.2, 0) is 16.1 Å². The van der Waals surface area contributed by atoms with Gasteiger partial charge in [0.25, 0.3) is 0 Å². The molecule has 104 valence electrons. The van der Waals surface area contributed by atoms with E-state index in [2.05, 4.69) is 0 Å². The van der Waals surface area contributed by atoms with Crippen LogP contribution in [0, 0.1) is 6.92 Å². The minimum atomic E-state index is -0.972. The zero-order chi connectivity index (χ0) is 14.6. The molecule has 0 fully saturated rings. The van der Waals surface area contributed by atoms with Gasteiger partial charge in [-0.15, -0.1) is 0 Å². The first-order chi connectivity index (χ1) is 8.90. The SMILES string of the molecule is COc1cc(C)c(CN(C)C(=O)C(N)=O)cc1OC. The van der Waals surface area contributed by atoms with E-state index in [0.29, 0.717) is 11.5 Å². The maximum atomic E-state index is 11.4. The fraction of sp³-hybridized carbons (Fsp3) is 0.385. The van der Waals surface area contributed by atoms with Crippen LogP contribution >= 0.6 is 0 Å². The molecular formula is C13H18N2O4. The van der Waals surface area contributed by atoms with E-state index in [9.17, 15) is 9.59 Å². The topological polar surface area (TPSA) is 81.9 Å². The maximum absolute atomic E-state index is 11.4. The van der Waals surface area contributed by atoms with E-state index in [4.69, 9.17) is 15.2 Å². The Balaban J connectivity index is 3.01. The lowest BCUT2D eigenvalue weighted by Gasteiger charge is -2.18. The number of likely N-dealkylation sites (N-methyl/N-ethyl adjacent to an activating group) is 1. The third-order valence-corrected chi connectivity index (χ3v) is 2.81. The molecule has 0 bridgehead atoms. The standard InChI is InChI=1S/C13H18N2O4/c1-8-5-10(18-3)11(19-4)6-9(8)7-15(2)13(17)12(14)16/h5-6H,7H2,1-4H3,(H2,14,16). The van der Waals surface area contributed by atoms with E-state index in [1.54, 1.807) is 13.2 Å². The Morgan fingerprint density at radius 1 is 1.21 bits per heavy atom. The molecule has 19 heavy (non-hydrogen) atoms. The third kappa shape index (κ3) is 3.37. The number of carbonyl (C=O) groups is 2. The molecule has 0 saturated heterocycles. The Morgan fingerprint density at radius 3 is 2.21 bits per heavy atom. The highest BCUT2D eigenvalue weighted by Gasteiger charge is 2.17. The van der Waals surface area contributed by atoms with Gasteiger partial charge in [-0.05, 0) is 30.2 Å². The number of amides is 2. The number of rotatable bonds is 4. The molecule has 1 aromatic carbocycles. The molecule has 0 spiro atoms. The summed E-state index contributed by atoms with van der Waals surface area (Å²) in [5.74, 6) is -0.509. The second kappa shape index (κ2) is 6.08. The van der Waals surface area contributed by atoms with Gasteiger partial charge >= 0.3 is 11.8 Å². The minimum absolute atomic E-state index is 0.272. The fourth-order valence-electron chi connectivity index (χ4n) is 1.71. The summed E-state index contributed by atoms with van der Waals surface area (Å²) in [5, 5.41) is 0. The summed E-state index contributed by atoms with van der Waals surface area (Å²) in [6.07, 6.45) is 0. The molecule has 0 aliphatic carbocycles. The Morgan fingerprint density at radius 2 is 1.74 bits per heavy atom. The number of primary amides is 1. The summed E-state index contributed by atoms with van der Waals surface area (Å²) in [5.41, 5.74) is 6.74. The van der Waals surface area contributed by atoms with Crippen LogP contribution in [0.5, 0.6) is 11.5 Å². The first-order valence-electron chi connectivity index (χ1n) is 5.67. The predicted octanol–water partition coefficient (Wildman–Crippen LogP) is 0.456. The Bertz CT molecular complexity index is 500. The van der Waals surface area contributed by atoms with Gasteiger partial charge in [-0.3, -0.25) is 9.59 Å². The predicted molar refractivity (Wildman–Crippen MR) is 70.0 cm³/mol. The van der Waals surface area contributed by atoms with Crippen molar-refractivity contribution in [2.45, 2.75) is 13.5 Å². The molecule has 0 aliphatic heterocycles. The number of carbonyl (C=O) groups excluding carboxylic acids is 2. The summed E-state index contributed by atoms with van der Waals surface area (Å²) in [6, 6.07) is 3.59. The average Bonchev–Trinajstić information content (AvgIpc) is 2.39. The van der Waals surface area contributed by atoms with Crippen LogP contribution in [0.3, 0.4) is 0 Å². The number of nitrogens with zero attached hydrogens (tertiary/aromatic N) is 1. The Hall–Kier alpha value is -2.24. The lowest BCUT2D eigenvalue weighted by Crippen LogP contribution is -2.37. The first kappa shape index (κ1) is 14.8. The molecule has 6 nitrogen and oxygen atoms in total. The number of hydrogen-bond donors (Lipinski definition) is 1. The quantitative estimate of drug-likeness (QED) is 0.802. The molecule has 0 radical (unpaired) electrons. The second-order valence-electron chi connectivity index (χ2n) is 4.16. The van der Waals surface area contributed by atoms with Crippen LogP contribution in [0.25, 0.3) is 0 Å². The van der Waals surface area contributed by atoms with Crippen molar-refractivity contribution in [3.8, 4) is 11.5 Å². The molecule has 6 heteroatoms. The molecule has 0 aliphatic rings. The monoisotopic (exact) mass is 266 g/mol. The van der Waals surface area contributed by atoms with Crippen molar-refractivity contribution < 1.29 is 19.1 Å². The molecule has 2 amide bonds. The van der Waals surface area contributed by atoms with Gasteiger partial charge in [-0.25, -0.2) is 0 Å². The van der Waals surface area contributed by atoms with Gasteiger partial charge in [-0.2, -0.15) is 0 Å². The number of hydrogen-bond acceptors (Lipinski definition) is 4. The van der Waals surface area contributed by atoms with E-state index in [1.807, 2.05) is 13.0 Å². The van der Waals surface area contributed by atoms with Gasteiger partial charge in [0, 0.05) is 13.6 Å². The minimum Gasteiger partial charge on any atom is -0.493 e. The van der Waals surface area contributed by atoms with Gasteiger partial charge in [-0.1, -0.05) is 0 Å². The molecule has 0 aromatic heterocycles. The smallest absolute Gasteiger partial charge is 0.311 e. The summed E-state index contributed by atoms with van der Waals surface area (Å²) in [4.78, 5) is 23.5. The highest BCUT2D eigenvalue weighted by Crippen LogP contribution is 2.30. The number of methoxy groups -OCH3 is 2. The summed E-state index contributed by atoms with van der Waals surface area (Å²) in [6.45, 7) is 2.16. The highest BCUT2D eigenvalue weighted by atomic mass is 16.5. The van der Waals surface area contributed by atoms with Crippen molar-refractivity contribution in [2.24, 2.45) is 5.73 Å². The lowest BCUT2D eigenvalue weighted by molar-refractivity contribution is -0.143. The average molecular weight is 266 g/mol. The first-order valence-corrected chi connectivity index (χ1v) is 5.67. The largest absolute Gasteiger partial charge is 0.493 e. The van der Waals surface area contributed by atoms with Gasteiger partial charge in [0.2, 0.25) is 0 Å². The molecule has 0 saturated carbocycles. The van der Waals surface area contributed by atoms with Crippen LogP contribution in [0.2, 0.25) is 0 Å². The van der Waals surface area contributed by atoms with Gasteiger partial charge in [0.15, 0.2) is 11.5 Å². The Labute approximate surface area is 112 Å². The third-order valence-electron chi connectivity index (χ3n) is 2.81. The van der Waals surface area contributed by atoms with E-state index in [1.165, 1.54) is 19.1 Å². The van der Waals surface area contributed by atoms with Crippen molar-refractivity contribution in [1.29, 1.82) is 0 Å². The Kier molecular flexibility index (Phi) is 4.74. The zero-order valence-electron chi connectivity index (χ0n) is 11.5. The van der Waals surface area contributed by atoms with Crippen LogP contribution in [-0.4, -0.2) is 38.0 Å². The number of nitrogens with two attached hydrogens (primary N) is 1. The van der Waals surface area contributed by atoms with Crippen molar-refractivity contribution in [1.82, 2.24) is 4.90 Å². The van der Waals surface area contributed by atoms with Crippen LogP contribution in [0.1, 0.15) is 11.1 Å². The molecule has 2 N–H and O–H groups in total. The maximum Gasteiger partial charge on any atom is 0.311 e. The van der Waals surface area contributed by atoms with Crippen LogP contribution < -0.4 is 15.2 Å². The van der Waals surface area contributed by atoms with E-state index >= 15 is 0 Å². The molecule has 1 rings (SSSR count). The van der Waals surface area contributed by atoms with Crippen LogP contribution in [0.15, 0.2) is 12.1 Å². The van der Waals surface area contributed by atoms with E-state index in [-0.39, 0.29) is 6.54 Å². The second-order valence-corrected chi connectivity index (χ2v) is 4.16. The number of ether oxygens (including phenoxy) is 2. The molecule has 0 unspecified atom stereocenters. The van der Waals surface area contributed by atoms with Crippen molar-refractivity contribution >= 4 is 11.8 Å². The van der Waals surface area contributed by atoms with Gasteiger partial charge in [0.05, 0.1) is 14.2 Å². The van der Waals surface area contributed by atoms with Gasteiger partial charge in [0.1, 0.15) is 0 Å². The molecule has 1 aromatic rings.